The highest BCUT2D eigenvalue weighted by atomic mass is 79.9. The van der Waals surface area contributed by atoms with Crippen molar-refractivity contribution in [2.45, 2.75) is 13.0 Å². The second-order valence-electron chi connectivity index (χ2n) is 2.10. The first-order chi connectivity index (χ1) is 5.00. The van der Waals surface area contributed by atoms with Crippen LogP contribution in [0.25, 0.3) is 0 Å². The van der Waals surface area contributed by atoms with Gasteiger partial charge in [-0.05, 0) is 24.6 Å². The van der Waals surface area contributed by atoms with Crippen molar-refractivity contribution in [3.8, 4) is 0 Å². The average molecular weight is 202 g/mol. The van der Waals surface area contributed by atoms with Crippen molar-refractivity contribution in [2.75, 3.05) is 0 Å². The zero-order chi connectivity index (χ0) is 8.48. The summed E-state index contributed by atoms with van der Waals surface area (Å²) in [6.07, 6.45) is -1.50. The minimum Gasteiger partial charge on any atom is -0.389 e. The Morgan fingerprint density at radius 1 is 1.70 bits per heavy atom. The molecule has 0 spiro atoms. The van der Waals surface area contributed by atoms with E-state index in [9.17, 15) is 5.11 Å². The van der Waals surface area contributed by atoms with Gasteiger partial charge in [0.2, 0.25) is 0 Å². The van der Waals surface area contributed by atoms with Crippen LogP contribution in [-0.2, 0) is 0 Å². The Morgan fingerprint density at radius 3 is 2.80 bits per heavy atom. The van der Waals surface area contributed by atoms with E-state index in [4.69, 9.17) is 1.37 Å². The van der Waals surface area contributed by atoms with Crippen LogP contribution in [0.15, 0.2) is 28.7 Å². The van der Waals surface area contributed by atoms with Crippen molar-refractivity contribution in [1.29, 1.82) is 0 Å². The van der Waals surface area contributed by atoms with E-state index in [2.05, 4.69) is 15.9 Å². The van der Waals surface area contributed by atoms with Crippen molar-refractivity contribution in [1.82, 2.24) is 0 Å². The molecule has 1 atom stereocenters. The predicted octanol–water partition coefficient (Wildman–Crippen LogP) is 2.50. The fraction of sp³-hybridized carbons (Fsp3) is 0.250. The third-order valence-electron chi connectivity index (χ3n) is 1.24. The Morgan fingerprint density at radius 2 is 2.40 bits per heavy atom. The molecular formula is C8H9BrO. The molecule has 1 nitrogen and oxygen atoms in total. The normalized spacial score (nSPS) is 17.7. The van der Waals surface area contributed by atoms with Crippen molar-refractivity contribution < 1.29 is 6.48 Å². The summed E-state index contributed by atoms with van der Waals surface area (Å²) in [6.45, 7) is 1.44. The molecule has 10 heavy (non-hydrogen) atoms. The van der Waals surface area contributed by atoms with Crippen LogP contribution in [0.3, 0.4) is 0 Å². The van der Waals surface area contributed by atoms with Crippen LogP contribution in [0.1, 0.15) is 19.9 Å². The molecule has 0 saturated carbocycles. The summed E-state index contributed by atoms with van der Waals surface area (Å²) >= 11 is 3.26. The molecule has 0 aliphatic heterocycles. The second-order valence-corrected chi connectivity index (χ2v) is 3.01. The number of rotatable bonds is 1. The Hall–Kier alpha value is -0.340. The van der Waals surface area contributed by atoms with E-state index in [0.29, 0.717) is 5.56 Å². The largest absolute Gasteiger partial charge is 0.389 e. The molecule has 0 saturated heterocycles. The molecule has 54 valence electrons. The second kappa shape index (κ2) is 3.17. The average Bonchev–Trinajstić information content (AvgIpc) is 1.86. The lowest BCUT2D eigenvalue weighted by Crippen LogP contribution is -1.88. The summed E-state index contributed by atoms with van der Waals surface area (Å²) in [5.41, 5.74) is 0.590. The van der Waals surface area contributed by atoms with E-state index in [1.54, 1.807) is 18.2 Å². The smallest absolute Gasteiger partial charge is 0.0762 e. The lowest BCUT2D eigenvalue weighted by atomic mass is 10.1. The van der Waals surface area contributed by atoms with Gasteiger partial charge in [0.15, 0.2) is 0 Å². The summed E-state index contributed by atoms with van der Waals surface area (Å²) in [5, 5.41) is 9.26. The number of aliphatic hydroxyl groups is 1. The molecule has 0 aliphatic rings. The van der Waals surface area contributed by atoms with Gasteiger partial charge in [-0.25, -0.2) is 0 Å². The molecule has 2 heteroatoms. The molecule has 0 bridgehead atoms. The highest BCUT2D eigenvalue weighted by molar-refractivity contribution is 9.10. The monoisotopic (exact) mass is 201 g/mol. The van der Waals surface area contributed by atoms with Gasteiger partial charge in [0.1, 0.15) is 0 Å². The van der Waals surface area contributed by atoms with Crippen LogP contribution >= 0.6 is 15.9 Å². The molecule has 0 amide bonds. The van der Waals surface area contributed by atoms with Gasteiger partial charge in [0, 0.05) is 4.47 Å². The van der Waals surface area contributed by atoms with E-state index >= 15 is 0 Å². The van der Waals surface area contributed by atoms with Gasteiger partial charge >= 0.3 is 0 Å². The lowest BCUT2D eigenvalue weighted by molar-refractivity contribution is 0.199. The van der Waals surface area contributed by atoms with Crippen molar-refractivity contribution >= 4 is 15.9 Å². The van der Waals surface area contributed by atoms with Gasteiger partial charge in [-0.1, -0.05) is 28.1 Å². The summed E-state index contributed by atoms with van der Waals surface area (Å²) < 4.78 is 8.18. The first kappa shape index (κ1) is 6.38. The Kier molecular flexibility index (Phi) is 2.02. The van der Waals surface area contributed by atoms with Crippen LogP contribution in [-0.4, -0.2) is 5.11 Å². The first-order valence-electron chi connectivity index (χ1n) is 3.48. The summed E-state index contributed by atoms with van der Waals surface area (Å²) in [4.78, 5) is 0. The quantitative estimate of drug-likeness (QED) is 0.741. The van der Waals surface area contributed by atoms with E-state index in [1.165, 1.54) is 6.92 Å². The fourth-order valence-corrected chi connectivity index (χ4v) is 1.11. The summed E-state index contributed by atoms with van der Waals surface area (Å²) in [7, 11) is 0. The molecule has 1 aromatic carbocycles. The van der Waals surface area contributed by atoms with Crippen molar-refractivity contribution in [3.05, 3.63) is 34.3 Å². The lowest BCUT2D eigenvalue weighted by Gasteiger charge is -2.02. The zero-order valence-corrected chi connectivity index (χ0v) is 7.22. The maximum absolute atomic E-state index is 9.26. The fourth-order valence-electron chi connectivity index (χ4n) is 0.714. The van der Waals surface area contributed by atoms with Gasteiger partial charge < -0.3 is 5.11 Å². The number of hydrogen-bond acceptors (Lipinski definition) is 1. The molecule has 1 N–H and O–H groups in total. The predicted molar refractivity (Wildman–Crippen MR) is 44.8 cm³/mol. The standard InChI is InChI=1S/C8H9BrO/c1-6(10)7-3-2-4-8(9)5-7/h2-6,10H,1H3/i6D. The minimum atomic E-state index is -1.50. The Labute approximate surface area is 70.2 Å². The topological polar surface area (TPSA) is 20.2 Å². The minimum absolute atomic E-state index is 0.590. The zero-order valence-electron chi connectivity index (χ0n) is 6.63. The van der Waals surface area contributed by atoms with Gasteiger partial charge in [0.25, 0.3) is 0 Å². The first-order valence-corrected chi connectivity index (χ1v) is 3.78. The highest BCUT2D eigenvalue weighted by Gasteiger charge is 1.98. The Bertz CT molecular complexity index is 255. The molecule has 1 rings (SSSR count). The molecule has 0 aromatic heterocycles. The van der Waals surface area contributed by atoms with Gasteiger partial charge in [-0.15, -0.1) is 0 Å². The van der Waals surface area contributed by atoms with Gasteiger partial charge in [0.05, 0.1) is 7.45 Å². The van der Waals surface area contributed by atoms with E-state index in [0.717, 1.165) is 4.47 Å². The SMILES string of the molecule is [2H]C(C)(O)c1cccc(Br)c1. The van der Waals surface area contributed by atoms with E-state index in [1.807, 2.05) is 6.07 Å². The molecule has 0 aliphatic carbocycles. The number of halogens is 1. The van der Waals surface area contributed by atoms with Crippen LogP contribution in [0.5, 0.6) is 0 Å². The van der Waals surface area contributed by atoms with E-state index < -0.39 is 6.08 Å². The van der Waals surface area contributed by atoms with Gasteiger partial charge in [-0.3, -0.25) is 0 Å². The molecule has 0 fully saturated rings. The van der Waals surface area contributed by atoms with E-state index in [-0.39, 0.29) is 0 Å². The molecule has 0 radical (unpaired) electrons. The maximum Gasteiger partial charge on any atom is 0.0762 e. The van der Waals surface area contributed by atoms with Gasteiger partial charge in [-0.2, -0.15) is 0 Å². The summed E-state index contributed by atoms with van der Waals surface area (Å²) in [5.74, 6) is 0. The molecule has 1 unspecified atom stereocenters. The number of hydrogen-bond donors (Lipinski definition) is 1. The number of benzene rings is 1. The van der Waals surface area contributed by atoms with Crippen LogP contribution in [0.2, 0.25) is 0 Å². The molecule has 0 heterocycles. The third-order valence-corrected chi connectivity index (χ3v) is 1.74. The Balaban J connectivity index is 3.06. The van der Waals surface area contributed by atoms with Crippen LogP contribution in [0.4, 0.5) is 0 Å². The van der Waals surface area contributed by atoms with Crippen LogP contribution in [0, 0.1) is 0 Å². The third kappa shape index (κ3) is 1.82. The van der Waals surface area contributed by atoms with Crippen molar-refractivity contribution in [3.63, 3.8) is 0 Å². The molecular weight excluding hydrogens is 192 g/mol. The highest BCUT2D eigenvalue weighted by Crippen LogP contribution is 2.16. The summed E-state index contributed by atoms with van der Waals surface area (Å²) in [6, 6.07) is 7.10. The molecule has 1 aromatic rings. The maximum atomic E-state index is 9.26. The van der Waals surface area contributed by atoms with Crippen LogP contribution < -0.4 is 0 Å². The van der Waals surface area contributed by atoms with Crippen molar-refractivity contribution in [2.24, 2.45) is 0 Å².